The lowest BCUT2D eigenvalue weighted by molar-refractivity contribution is -0.135. The fourth-order valence-corrected chi connectivity index (χ4v) is 1.43. The van der Waals surface area contributed by atoms with Crippen LogP contribution in [-0.2, 0) is 11.2 Å². The molecule has 2 nitrogen and oxygen atoms in total. The summed E-state index contributed by atoms with van der Waals surface area (Å²) in [7, 11) is 0. The van der Waals surface area contributed by atoms with Crippen molar-refractivity contribution in [2.24, 2.45) is 0 Å². The maximum atomic E-state index is 12.9. The highest BCUT2D eigenvalue weighted by atomic mass is 35.5. The Morgan fingerprint density at radius 3 is 2.69 bits per heavy atom. The molecule has 88 valence electrons. The average molecular weight is 245 g/mol. The zero-order chi connectivity index (χ0) is 12.3. The highest BCUT2D eigenvalue weighted by molar-refractivity contribution is 6.30. The Morgan fingerprint density at radius 1 is 1.56 bits per heavy atom. The Morgan fingerprint density at radius 2 is 2.19 bits per heavy atom. The number of hydrogen-bond acceptors (Lipinski definition) is 2. The molecule has 0 radical (unpaired) electrons. The van der Waals surface area contributed by atoms with Gasteiger partial charge in [-0.1, -0.05) is 24.6 Å². The molecule has 0 amide bonds. The number of hydrogen-bond donors (Lipinski definition) is 1. The van der Waals surface area contributed by atoms with Gasteiger partial charge in [-0.05, 0) is 31.0 Å². The maximum absolute atomic E-state index is 12.9. The number of carbonyl (C=O) groups excluding carboxylic acids is 1. The van der Waals surface area contributed by atoms with Crippen molar-refractivity contribution in [1.29, 1.82) is 0 Å². The first-order valence-corrected chi connectivity index (χ1v) is 5.44. The minimum atomic E-state index is -1.33. The number of halogens is 2. The first kappa shape index (κ1) is 13.1. The van der Waals surface area contributed by atoms with Crippen molar-refractivity contribution >= 4 is 17.4 Å². The van der Waals surface area contributed by atoms with Crippen molar-refractivity contribution in [1.82, 2.24) is 0 Å². The van der Waals surface area contributed by atoms with Gasteiger partial charge in [0.2, 0.25) is 0 Å². The Kier molecular flexibility index (Phi) is 4.05. The molecule has 4 heteroatoms. The molecule has 0 heterocycles. The molecule has 1 atom stereocenters. The highest BCUT2D eigenvalue weighted by Crippen LogP contribution is 2.19. The molecule has 0 aliphatic rings. The molecule has 1 rings (SSSR count). The largest absolute Gasteiger partial charge is 0.382 e. The van der Waals surface area contributed by atoms with E-state index in [2.05, 4.69) is 0 Å². The topological polar surface area (TPSA) is 37.3 Å². The number of Topliss-reactive ketones (excluding diaryl/α,β-unsaturated/α-hetero) is 1. The summed E-state index contributed by atoms with van der Waals surface area (Å²) in [5, 5.41) is 9.71. The summed E-state index contributed by atoms with van der Waals surface area (Å²) in [6, 6.07) is 4.11. The van der Waals surface area contributed by atoms with Gasteiger partial charge in [0, 0.05) is 6.42 Å². The first-order chi connectivity index (χ1) is 7.36. The van der Waals surface area contributed by atoms with Crippen LogP contribution in [0.15, 0.2) is 18.2 Å². The van der Waals surface area contributed by atoms with E-state index < -0.39 is 11.4 Å². The molecular formula is C12H14ClFO2. The van der Waals surface area contributed by atoms with Gasteiger partial charge in [0.05, 0.1) is 5.02 Å². The predicted octanol–water partition coefficient (Wildman–Crippen LogP) is 2.75. The molecule has 16 heavy (non-hydrogen) atoms. The highest BCUT2D eigenvalue weighted by Gasteiger charge is 2.27. The van der Waals surface area contributed by atoms with Gasteiger partial charge in [0.25, 0.3) is 0 Å². The summed E-state index contributed by atoms with van der Waals surface area (Å²) in [5.74, 6) is -0.808. The lowest BCUT2D eigenvalue weighted by Crippen LogP contribution is -2.35. The van der Waals surface area contributed by atoms with Crippen LogP contribution in [0.4, 0.5) is 4.39 Å². The van der Waals surface area contributed by atoms with Crippen LogP contribution >= 0.6 is 11.6 Å². The van der Waals surface area contributed by atoms with Gasteiger partial charge in [0.15, 0.2) is 5.78 Å². The second kappa shape index (κ2) is 4.93. The second-order valence-corrected chi connectivity index (χ2v) is 4.38. The molecule has 0 saturated heterocycles. The quantitative estimate of drug-likeness (QED) is 0.884. The Bertz CT molecular complexity index is 402. The number of carbonyl (C=O) groups is 1. The first-order valence-electron chi connectivity index (χ1n) is 5.06. The van der Waals surface area contributed by atoms with Gasteiger partial charge in [-0.2, -0.15) is 0 Å². The molecule has 0 spiro atoms. The van der Waals surface area contributed by atoms with Crippen LogP contribution < -0.4 is 0 Å². The minimum absolute atomic E-state index is 0.0126. The number of rotatable bonds is 4. The standard InChI is InChI=1S/C12H14ClFO2/c1-3-12(2,16)11(15)7-8-4-5-10(14)9(13)6-8/h4-6,16H,3,7H2,1-2H3. The summed E-state index contributed by atoms with van der Waals surface area (Å²) in [4.78, 5) is 11.7. The van der Waals surface area contributed by atoms with Gasteiger partial charge >= 0.3 is 0 Å². The van der Waals surface area contributed by atoms with Crippen molar-refractivity contribution in [2.75, 3.05) is 0 Å². The Balaban J connectivity index is 2.82. The van der Waals surface area contributed by atoms with Crippen LogP contribution in [-0.4, -0.2) is 16.5 Å². The number of ketones is 1. The third-order valence-corrected chi connectivity index (χ3v) is 2.93. The SMILES string of the molecule is CCC(C)(O)C(=O)Cc1ccc(F)c(Cl)c1. The predicted molar refractivity (Wildman–Crippen MR) is 61.0 cm³/mol. The Hall–Kier alpha value is -0.930. The number of aliphatic hydroxyl groups is 1. The summed E-state index contributed by atoms with van der Waals surface area (Å²) in [5.41, 5.74) is -0.731. The van der Waals surface area contributed by atoms with E-state index in [0.717, 1.165) is 0 Å². The second-order valence-electron chi connectivity index (χ2n) is 3.98. The van der Waals surface area contributed by atoms with E-state index in [-0.39, 0.29) is 17.2 Å². The van der Waals surface area contributed by atoms with Gasteiger partial charge in [-0.25, -0.2) is 4.39 Å². The van der Waals surface area contributed by atoms with E-state index in [1.807, 2.05) is 0 Å². The van der Waals surface area contributed by atoms with Crippen LogP contribution in [0.2, 0.25) is 5.02 Å². The Labute approximate surface area is 99.0 Å². The fourth-order valence-electron chi connectivity index (χ4n) is 1.22. The molecule has 1 unspecified atom stereocenters. The molecule has 1 aromatic rings. The average Bonchev–Trinajstić information content (AvgIpc) is 2.23. The van der Waals surface area contributed by atoms with E-state index in [9.17, 15) is 14.3 Å². The van der Waals surface area contributed by atoms with E-state index in [4.69, 9.17) is 11.6 Å². The third-order valence-electron chi connectivity index (χ3n) is 2.64. The van der Waals surface area contributed by atoms with Crippen LogP contribution in [0.25, 0.3) is 0 Å². The molecule has 0 aliphatic carbocycles. The van der Waals surface area contributed by atoms with Gasteiger partial charge in [-0.15, -0.1) is 0 Å². The smallest absolute Gasteiger partial charge is 0.168 e. The monoisotopic (exact) mass is 244 g/mol. The van der Waals surface area contributed by atoms with Gasteiger partial charge in [0.1, 0.15) is 11.4 Å². The maximum Gasteiger partial charge on any atom is 0.168 e. The molecule has 0 aliphatic heterocycles. The van der Waals surface area contributed by atoms with Crippen molar-refractivity contribution in [3.8, 4) is 0 Å². The van der Waals surface area contributed by atoms with Crippen molar-refractivity contribution in [2.45, 2.75) is 32.3 Å². The summed E-state index contributed by atoms with van der Waals surface area (Å²) in [6.45, 7) is 3.20. The lowest BCUT2D eigenvalue weighted by Gasteiger charge is -2.19. The van der Waals surface area contributed by atoms with Gasteiger partial charge < -0.3 is 5.11 Å². The normalized spacial score (nSPS) is 14.6. The summed E-state index contributed by atoms with van der Waals surface area (Å²) >= 11 is 5.60. The number of benzene rings is 1. The van der Waals surface area contributed by atoms with Crippen LogP contribution in [0, 0.1) is 5.82 Å². The fraction of sp³-hybridized carbons (Fsp3) is 0.417. The van der Waals surface area contributed by atoms with Crippen LogP contribution in [0.1, 0.15) is 25.8 Å². The molecule has 0 aromatic heterocycles. The van der Waals surface area contributed by atoms with Crippen molar-refractivity contribution in [3.05, 3.63) is 34.6 Å². The molecule has 0 fully saturated rings. The van der Waals surface area contributed by atoms with Crippen molar-refractivity contribution in [3.63, 3.8) is 0 Å². The van der Waals surface area contributed by atoms with Gasteiger partial charge in [-0.3, -0.25) is 4.79 Å². The van der Waals surface area contributed by atoms with Crippen molar-refractivity contribution < 1.29 is 14.3 Å². The molecule has 0 saturated carbocycles. The van der Waals surface area contributed by atoms with Crippen LogP contribution in [0.3, 0.4) is 0 Å². The van der Waals surface area contributed by atoms with E-state index in [0.29, 0.717) is 12.0 Å². The molecule has 1 N–H and O–H groups in total. The van der Waals surface area contributed by atoms with E-state index in [1.165, 1.54) is 25.1 Å². The van der Waals surface area contributed by atoms with E-state index in [1.54, 1.807) is 6.92 Å². The van der Waals surface area contributed by atoms with Crippen LogP contribution in [0.5, 0.6) is 0 Å². The summed E-state index contributed by atoms with van der Waals surface area (Å²) < 4.78 is 12.9. The zero-order valence-corrected chi connectivity index (χ0v) is 10.0. The summed E-state index contributed by atoms with van der Waals surface area (Å²) in [6.07, 6.45) is 0.404. The zero-order valence-electron chi connectivity index (χ0n) is 9.26. The molecular weight excluding hydrogens is 231 g/mol. The molecule has 1 aromatic carbocycles. The lowest BCUT2D eigenvalue weighted by atomic mass is 9.93. The molecule has 0 bridgehead atoms. The van der Waals surface area contributed by atoms with E-state index >= 15 is 0 Å². The third kappa shape index (κ3) is 3.03. The minimum Gasteiger partial charge on any atom is -0.382 e.